The van der Waals surface area contributed by atoms with Gasteiger partial charge >= 0.3 is 5.97 Å². The molecular weight excluding hydrogens is 318 g/mol. The van der Waals surface area contributed by atoms with Crippen LogP contribution >= 0.6 is 0 Å². The zero-order valence-electron chi connectivity index (χ0n) is 14.9. The molecule has 0 bridgehead atoms. The molecule has 0 radical (unpaired) electrons. The van der Waals surface area contributed by atoms with Crippen LogP contribution < -0.4 is 0 Å². The maximum Gasteiger partial charge on any atom is 0.311 e. The molecule has 2 heterocycles. The molecule has 5 nitrogen and oxygen atoms in total. The summed E-state index contributed by atoms with van der Waals surface area (Å²) in [7, 11) is 0. The lowest BCUT2D eigenvalue weighted by molar-refractivity contribution is -0.158. The van der Waals surface area contributed by atoms with E-state index in [0.29, 0.717) is 0 Å². The first kappa shape index (κ1) is 17.5. The normalized spacial score (nSPS) is 16.5. The number of hydrogen-bond donors (Lipinski definition) is 0. The zero-order valence-corrected chi connectivity index (χ0v) is 14.9. The Balaban J connectivity index is 1.60. The van der Waals surface area contributed by atoms with E-state index in [1.54, 1.807) is 13.2 Å². The molecule has 0 spiro atoms. The predicted octanol–water partition coefficient (Wildman–Crippen LogP) is 3.62. The molecule has 0 aliphatic carbocycles. The van der Waals surface area contributed by atoms with Crippen LogP contribution in [0, 0.1) is 6.92 Å². The fraction of sp³-hybridized carbons (Fsp3) is 0.500. The Labute approximate surface area is 147 Å². The van der Waals surface area contributed by atoms with E-state index in [4.69, 9.17) is 9.15 Å². The molecule has 1 fully saturated rings. The molecule has 1 aromatic carbocycles. The molecule has 1 amide bonds. The van der Waals surface area contributed by atoms with Crippen molar-refractivity contribution in [2.24, 2.45) is 0 Å². The Morgan fingerprint density at radius 3 is 2.64 bits per heavy atom. The Morgan fingerprint density at radius 1 is 1.20 bits per heavy atom. The average Bonchev–Trinajstić information content (AvgIpc) is 2.80. The minimum Gasteiger partial charge on any atom is -0.464 e. The van der Waals surface area contributed by atoms with E-state index in [0.717, 1.165) is 60.9 Å². The summed E-state index contributed by atoms with van der Waals surface area (Å²) in [5.74, 6) is -0.498. The molecule has 1 aliphatic heterocycles. The lowest BCUT2D eigenvalue weighted by Gasteiger charge is -2.23. The summed E-state index contributed by atoms with van der Waals surface area (Å²) >= 11 is 0. The van der Waals surface area contributed by atoms with Crippen LogP contribution in [0.4, 0.5) is 0 Å². The third-order valence-electron chi connectivity index (χ3n) is 4.72. The number of amides is 1. The number of esters is 1. The van der Waals surface area contributed by atoms with E-state index in [2.05, 4.69) is 0 Å². The fourth-order valence-electron chi connectivity index (χ4n) is 3.32. The molecule has 5 heteroatoms. The highest BCUT2D eigenvalue weighted by atomic mass is 16.5. The SMILES string of the molecule is Cc1ccc2c(CC(=O)OC(C)C(=O)N3CCCCCC3)coc2c1. The van der Waals surface area contributed by atoms with Gasteiger partial charge in [0.25, 0.3) is 5.91 Å². The Kier molecular flexibility index (Phi) is 5.41. The molecule has 2 aromatic rings. The van der Waals surface area contributed by atoms with Gasteiger partial charge < -0.3 is 14.1 Å². The van der Waals surface area contributed by atoms with Crippen molar-refractivity contribution in [1.82, 2.24) is 4.90 Å². The number of aryl methyl sites for hydroxylation is 1. The molecule has 1 atom stereocenters. The summed E-state index contributed by atoms with van der Waals surface area (Å²) in [6.45, 7) is 5.16. The van der Waals surface area contributed by atoms with Crippen molar-refractivity contribution in [2.75, 3.05) is 13.1 Å². The highest BCUT2D eigenvalue weighted by Gasteiger charge is 2.24. The average molecular weight is 343 g/mol. The summed E-state index contributed by atoms with van der Waals surface area (Å²) in [5.41, 5.74) is 2.65. The first-order valence-electron chi connectivity index (χ1n) is 8.99. The smallest absolute Gasteiger partial charge is 0.311 e. The highest BCUT2D eigenvalue weighted by Crippen LogP contribution is 2.23. The lowest BCUT2D eigenvalue weighted by atomic mass is 10.1. The van der Waals surface area contributed by atoms with Crippen LogP contribution in [0.25, 0.3) is 11.0 Å². The number of carbonyl (C=O) groups is 2. The maximum absolute atomic E-state index is 12.5. The first-order chi connectivity index (χ1) is 12.0. The van der Waals surface area contributed by atoms with Crippen LogP contribution in [-0.4, -0.2) is 36.0 Å². The van der Waals surface area contributed by atoms with Gasteiger partial charge in [-0.05, 0) is 38.3 Å². The number of hydrogen-bond acceptors (Lipinski definition) is 4. The van der Waals surface area contributed by atoms with Crippen LogP contribution in [-0.2, 0) is 20.7 Å². The minimum absolute atomic E-state index is 0.0945. The second kappa shape index (κ2) is 7.72. The largest absolute Gasteiger partial charge is 0.464 e. The van der Waals surface area contributed by atoms with Gasteiger partial charge in [-0.3, -0.25) is 9.59 Å². The van der Waals surface area contributed by atoms with Gasteiger partial charge in [-0.1, -0.05) is 25.0 Å². The zero-order chi connectivity index (χ0) is 17.8. The standard InChI is InChI=1S/C20H25NO4/c1-14-7-8-17-16(13-24-18(17)11-14)12-19(22)25-15(2)20(23)21-9-5-3-4-6-10-21/h7-8,11,13,15H,3-6,9-10,12H2,1-2H3. The Bertz CT molecular complexity index is 756. The molecule has 0 saturated carbocycles. The van der Waals surface area contributed by atoms with Crippen LogP contribution in [0.2, 0.25) is 0 Å². The monoisotopic (exact) mass is 343 g/mol. The summed E-state index contributed by atoms with van der Waals surface area (Å²) in [5, 5.41) is 0.911. The van der Waals surface area contributed by atoms with Gasteiger partial charge in [-0.2, -0.15) is 0 Å². The highest BCUT2D eigenvalue weighted by molar-refractivity contribution is 5.88. The van der Waals surface area contributed by atoms with Gasteiger partial charge in [0.05, 0.1) is 12.7 Å². The first-order valence-corrected chi connectivity index (χ1v) is 8.99. The Morgan fingerprint density at radius 2 is 1.92 bits per heavy atom. The van der Waals surface area contributed by atoms with Gasteiger partial charge in [0.15, 0.2) is 6.10 Å². The summed E-state index contributed by atoms with van der Waals surface area (Å²) in [6.07, 6.45) is 5.31. The van der Waals surface area contributed by atoms with Crippen molar-refractivity contribution >= 4 is 22.8 Å². The van der Waals surface area contributed by atoms with Crippen molar-refractivity contribution in [3.8, 4) is 0 Å². The van der Waals surface area contributed by atoms with E-state index in [9.17, 15) is 9.59 Å². The van der Waals surface area contributed by atoms with Crippen LogP contribution in [0.15, 0.2) is 28.9 Å². The van der Waals surface area contributed by atoms with Crippen LogP contribution in [0.3, 0.4) is 0 Å². The number of likely N-dealkylation sites (tertiary alicyclic amines) is 1. The molecular formula is C20H25NO4. The number of carbonyl (C=O) groups excluding carboxylic acids is 2. The molecule has 1 aliphatic rings. The molecule has 1 aromatic heterocycles. The third kappa shape index (κ3) is 4.21. The van der Waals surface area contributed by atoms with Gasteiger partial charge in [-0.15, -0.1) is 0 Å². The van der Waals surface area contributed by atoms with E-state index in [-0.39, 0.29) is 12.3 Å². The second-order valence-electron chi connectivity index (χ2n) is 6.81. The van der Waals surface area contributed by atoms with E-state index >= 15 is 0 Å². The quantitative estimate of drug-likeness (QED) is 0.796. The summed E-state index contributed by atoms with van der Waals surface area (Å²) in [6, 6.07) is 5.87. The van der Waals surface area contributed by atoms with Crippen molar-refractivity contribution in [1.29, 1.82) is 0 Å². The van der Waals surface area contributed by atoms with Gasteiger partial charge in [0, 0.05) is 24.0 Å². The molecule has 1 unspecified atom stereocenters. The van der Waals surface area contributed by atoms with Crippen LogP contribution in [0.1, 0.15) is 43.7 Å². The van der Waals surface area contributed by atoms with Gasteiger partial charge in [0.2, 0.25) is 0 Å². The maximum atomic E-state index is 12.5. The predicted molar refractivity (Wildman–Crippen MR) is 95.3 cm³/mol. The molecule has 3 rings (SSSR count). The minimum atomic E-state index is -0.744. The van der Waals surface area contributed by atoms with E-state index in [1.165, 1.54) is 0 Å². The molecule has 1 saturated heterocycles. The van der Waals surface area contributed by atoms with E-state index in [1.807, 2.05) is 30.0 Å². The second-order valence-corrected chi connectivity index (χ2v) is 6.81. The van der Waals surface area contributed by atoms with Crippen molar-refractivity contribution in [3.05, 3.63) is 35.6 Å². The topological polar surface area (TPSA) is 59.8 Å². The number of furan rings is 1. The fourth-order valence-corrected chi connectivity index (χ4v) is 3.32. The molecule has 134 valence electrons. The number of rotatable bonds is 4. The lowest BCUT2D eigenvalue weighted by Crippen LogP contribution is -2.40. The summed E-state index contributed by atoms with van der Waals surface area (Å²) in [4.78, 5) is 26.5. The van der Waals surface area contributed by atoms with Crippen molar-refractivity contribution in [3.63, 3.8) is 0 Å². The van der Waals surface area contributed by atoms with Crippen molar-refractivity contribution < 1.29 is 18.7 Å². The van der Waals surface area contributed by atoms with Crippen molar-refractivity contribution in [2.45, 2.75) is 52.1 Å². The Hall–Kier alpha value is -2.30. The number of benzene rings is 1. The molecule has 25 heavy (non-hydrogen) atoms. The van der Waals surface area contributed by atoms with E-state index < -0.39 is 12.1 Å². The third-order valence-corrected chi connectivity index (χ3v) is 4.72. The number of fused-ring (bicyclic) bond motifs is 1. The van der Waals surface area contributed by atoms with Crippen LogP contribution in [0.5, 0.6) is 0 Å². The number of nitrogens with zero attached hydrogens (tertiary/aromatic N) is 1. The summed E-state index contributed by atoms with van der Waals surface area (Å²) < 4.78 is 10.9. The number of ether oxygens (including phenoxy) is 1. The van der Waals surface area contributed by atoms with Gasteiger partial charge in [0.1, 0.15) is 5.58 Å². The van der Waals surface area contributed by atoms with Gasteiger partial charge in [-0.25, -0.2) is 0 Å². The molecule has 0 N–H and O–H groups in total.